The van der Waals surface area contributed by atoms with Crippen molar-refractivity contribution in [1.82, 2.24) is 19.6 Å². The van der Waals surface area contributed by atoms with Gasteiger partial charge >= 0.3 is 47.8 Å². The molecule has 0 spiro atoms. The molecule has 1 unspecified atom stereocenters. The molecule has 24 nitrogen and oxygen atoms in total. The van der Waals surface area contributed by atoms with Crippen LogP contribution in [0.4, 0.5) is 0 Å². The maximum Gasteiger partial charge on any atom is 0.367 e. The number of carboxylic acids is 5. The smallest absolute Gasteiger partial charge is 0.367 e. The number of rotatable bonds is 26. The standard InChI is InChI=1S/C20H34N4O20/c25-13(26)5-21(6-14(27)28)1-3-23(9-17(33)34)11-19(36,42-38)41-18(35)10-24(12-20(37,43-39)44-40)4-2-22(7-15(29)30)8-16(31)32/h36-40H,1-12H2,(H,25,26)(H,27,28)(H,29,30)(H,31,32)(H,33,34). The zero-order valence-corrected chi connectivity index (χ0v) is 22.8. The highest BCUT2D eigenvalue weighted by atomic mass is 17.3. The lowest BCUT2D eigenvalue weighted by Crippen LogP contribution is -2.53. The fraction of sp³-hybridized carbons (Fsp3) is 0.700. The second-order valence-electron chi connectivity index (χ2n) is 8.98. The minimum atomic E-state index is -3.32. The number of ether oxygens (including phenoxy) is 1. The summed E-state index contributed by atoms with van der Waals surface area (Å²) in [5.74, 6) is -15.3. The summed E-state index contributed by atoms with van der Waals surface area (Å²) >= 11 is 0. The molecule has 254 valence electrons. The largest absolute Gasteiger partial charge is 0.480 e. The van der Waals surface area contributed by atoms with E-state index >= 15 is 0 Å². The van der Waals surface area contributed by atoms with E-state index in [1.807, 2.05) is 0 Å². The number of carbonyl (C=O) groups is 6. The fourth-order valence-corrected chi connectivity index (χ4v) is 3.49. The predicted molar refractivity (Wildman–Crippen MR) is 131 cm³/mol. The number of hydrogen-bond donors (Lipinski definition) is 10. The molecule has 1 atom stereocenters. The molecule has 0 aliphatic heterocycles. The molecular formula is C20H34N4O20. The molecule has 0 saturated heterocycles. The van der Waals surface area contributed by atoms with Gasteiger partial charge in [-0.15, -0.1) is 0 Å². The van der Waals surface area contributed by atoms with Crippen LogP contribution in [0.15, 0.2) is 0 Å². The molecule has 0 aromatic carbocycles. The number of esters is 1. The Morgan fingerprint density at radius 1 is 0.455 bits per heavy atom. The Bertz CT molecular complexity index is 947. The highest BCUT2D eigenvalue weighted by Crippen LogP contribution is 2.14. The van der Waals surface area contributed by atoms with Crippen LogP contribution in [-0.4, -0.2) is 197 Å². The maximum atomic E-state index is 12.6. The molecule has 0 amide bonds. The van der Waals surface area contributed by atoms with Crippen molar-refractivity contribution in [2.75, 3.05) is 78.5 Å². The van der Waals surface area contributed by atoms with Crippen molar-refractivity contribution in [2.45, 2.75) is 11.9 Å². The third kappa shape index (κ3) is 18.1. The highest BCUT2D eigenvalue weighted by Gasteiger charge is 2.39. The van der Waals surface area contributed by atoms with Crippen LogP contribution in [0, 0.1) is 0 Å². The molecule has 44 heavy (non-hydrogen) atoms. The van der Waals surface area contributed by atoms with Crippen LogP contribution in [-0.2, 0) is 48.2 Å². The molecule has 0 radical (unpaired) electrons. The average molecular weight is 651 g/mol. The molecule has 0 bridgehead atoms. The monoisotopic (exact) mass is 650 g/mol. The van der Waals surface area contributed by atoms with Gasteiger partial charge in [-0.1, -0.05) is 0 Å². The molecule has 0 aliphatic carbocycles. The summed E-state index contributed by atoms with van der Waals surface area (Å²) in [6, 6.07) is 0. The van der Waals surface area contributed by atoms with Crippen molar-refractivity contribution in [1.29, 1.82) is 0 Å². The second kappa shape index (κ2) is 19.6. The Labute approximate surface area is 246 Å². The Balaban J connectivity index is 5.77. The Hall–Kier alpha value is -3.66. The number of aliphatic hydroxyl groups is 2. The maximum absolute atomic E-state index is 12.6. The molecule has 0 saturated carbocycles. The molecule has 0 fully saturated rings. The van der Waals surface area contributed by atoms with Crippen molar-refractivity contribution < 1.29 is 99.7 Å². The van der Waals surface area contributed by atoms with E-state index in [0.717, 1.165) is 19.6 Å². The second-order valence-corrected chi connectivity index (χ2v) is 8.98. The first-order valence-corrected chi connectivity index (χ1v) is 12.0. The third-order valence-electron chi connectivity index (χ3n) is 5.16. The number of hydrogen-bond acceptors (Lipinski definition) is 19. The van der Waals surface area contributed by atoms with Crippen molar-refractivity contribution in [3.8, 4) is 0 Å². The van der Waals surface area contributed by atoms with Crippen LogP contribution >= 0.6 is 0 Å². The van der Waals surface area contributed by atoms with Gasteiger partial charge in [0.2, 0.25) is 0 Å². The van der Waals surface area contributed by atoms with Crippen molar-refractivity contribution in [2.24, 2.45) is 0 Å². The zero-order chi connectivity index (χ0) is 34.1. The Morgan fingerprint density at radius 3 is 1.05 bits per heavy atom. The summed E-state index contributed by atoms with van der Waals surface area (Å²) in [5.41, 5.74) is 0. The molecule has 0 heterocycles. The zero-order valence-electron chi connectivity index (χ0n) is 22.8. The van der Waals surface area contributed by atoms with Crippen molar-refractivity contribution >= 4 is 35.8 Å². The van der Waals surface area contributed by atoms with Crippen LogP contribution in [0.25, 0.3) is 0 Å². The van der Waals surface area contributed by atoms with Gasteiger partial charge in [0.1, 0.15) is 0 Å². The van der Waals surface area contributed by atoms with Gasteiger partial charge in [0.05, 0.1) is 52.4 Å². The van der Waals surface area contributed by atoms with Gasteiger partial charge in [0, 0.05) is 26.2 Å². The van der Waals surface area contributed by atoms with Gasteiger partial charge in [0.15, 0.2) is 0 Å². The normalized spacial score (nSPS) is 13.3. The summed E-state index contributed by atoms with van der Waals surface area (Å²) in [4.78, 5) is 82.2. The Morgan fingerprint density at radius 2 is 0.727 bits per heavy atom. The molecular weight excluding hydrogens is 616 g/mol. The molecule has 0 aromatic rings. The first-order valence-electron chi connectivity index (χ1n) is 12.0. The highest BCUT2D eigenvalue weighted by molar-refractivity contribution is 5.73. The predicted octanol–water partition coefficient (Wildman–Crippen LogP) is -5.08. The molecule has 10 N–H and O–H groups in total. The van der Waals surface area contributed by atoms with E-state index < -0.39 is 126 Å². The van der Waals surface area contributed by atoms with Crippen LogP contribution in [0.1, 0.15) is 0 Å². The first kappa shape index (κ1) is 40.3. The summed E-state index contributed by atoms with van der Waals surface area (Å²) in [6.45, 7) is -9.22. The Kier molecular flexibility index (Phi) is 18.0. The summed E-state index contributed by atoms with van der Waals surface area (Å²) in [6.07, 6.45) is 0. The summed E-state index contributed by atoms with van der Waals surface area (Å²) in [5, 5.41) is 92.2. The van der Waals surface area contributed by atoms with Gasteiger partial charge in [-0.3, -0.25) is 48.4 Å². The van der Waals surface area contributed by atoms with Gasteiger partial charge in [0.25, 0.3) is 0 Å². The number of aliphatic carboxylic acids is 5. The van der Waals surface area contributed by atoms with Crippen molar-refractivity contribution in [3.05, 3.63) is 0 Å². The van der Waals surface area contributed by atoms with Gasteiger partial charge in [-0.25, -0.2) is 15.8 Å². The minimum Gasteiger partial charge on any atom is -0.480 e. The number of nitrogens with zero attached hydrogens (tertiary/aromatic N) is 4. The van der Waals surface area contributed by atoms with Gasteiger partial charge in [-0.2, -0.15) is 14.7 Å². The lowest BCUT2D eigenvalue weighted by molar-refractivity contribution is -0.553. The molecule has 0 rings (SSSR count). The van der Waals surface area contributed by atoms with Crippen LogP contribution in [0.3, 0.4) is 0 Å². The van der Waals surface area contributed by atoms with E-state index in [2.05, 4.69) is 19.4 Å². The molecule has 24 heteroatoms. The molecule has 0 aliphatic rings. The number of carbonyl (C=O) groups excluding carboxylic acids is 1. The fourth-order valence-electron chi connectivity index (χ4n) is 3.49. The summed E-state index contributed by atoms with van der Waals surface area (Å²) < 4.78 is 4.66. The van der Waals surface area contributed by atoms with Crippen molar-refractivity contribution in [3.63, 3.8) is 0 Å². The van der Waals surface area contributed by atoms with E-state index in [1.165, 1.54) is 0 Å². The van der Waals surface area contributed by atoms with Crippen LogP contribution < -0.4 is 0 Å². The summed E-state index contributed by atoms with van der Waals surface area (Å²) in [7, 11) is 0. The lowest BCUT2D eigenvalue weighted by Gasteiger charge is -2.33. The van der Waals surface area contributed by atoms with Gasteiger partial charge < -0.3 is 40.5 Å². The van der Waals surface area contributed by atoms with E-state index in [4.69, 9.17) is 36.0 Å². The minimum absolute atomic E-state index is 0.404. The van der Waals surface area contributed by atoms with E-state index in [1.54, 1.807) is 0 Å². The topological polar surface area (TPSA) is 355 Å². The van der Waals surface area contributed by atoms with Gasteiger partial charge in [-0.05, 0) is 0 Å². The third-order valence-corrected chi connectivity index (χ3v) is 5.16. The quantitative estimate of drug-likeness (QED) is 0.0181. The lowest BCUT2D eigenvalue weighted by atomic mass is 10.3. The number of carboxylic acid groups (broad SMARTS) is 5. The molecule has 0 aromatic heterocycles. The SMILES string of the molecule is O=C(O)CN(CCN(CC(=O)OC(O)(CN(CCN(CC(=O)O)CC(=O)O)CC(=O)O)OO)CC(O)(OO)OO)CC(=O)O. The van der Waals surface area contributed by atoms with Crippen LogP contribution in [0.5, 0.6) is 0 Å². The van der Waals surface area contributed by atoms with Crippen LogP contribution in [0.2, 0.25) is 0 Å². The first-order chi connectivity index (χ1) is 20.4. The van der Waals surface area contributed by atoms with E-state index in [9.17, 15) is 44.2 Å². The van der Waals surface area contributed by atoms with E-state index in [0.29, 0.717) is 0 Å². The van der Waals surface area contributed by atoms with E-state index in [-0.39, 0.29) is 0 Å². The average Bonchev–Trinajstić information content (AvgIpc) is 2.88.